The van der Waals surface area contributed by atoms with Crippen LogP contribution in [0.25, 0.3) is 0 Å². The van der Waals surface area contributed by atoms with Gasteiger partial charge in [-0.2, -0.15) is 4.31 Å². The monoisotopic (exact) mass is 494 g/mol. The zero-order valence-corrected chi connectivity index (χ0v) is 20.9. The molecule has 180 valence electrons. The minimum absolute atomic E-state index is 0.00259. The van der Waals surface area contributed by atoms with Crippen molar-refractivity contribution in [1.29, 1.82) is 0 Å². The average Bonchev–Trinajstić information content (AvgIpc) is 3.06. The molecule has 2 aromatic rings. The first-order valence-corrected chi connectivity index (χ1v) is 13.8. The molecule has 1 aliphatic heterocycles. The Kier molecular flexibility index (Phi) is 7.35. The number of hydrogen-bond acceptors (Lipinski definition) is 6. The number of carbonyl (C=O) groups is 1. The lowest BCUT2D eigenvalue weighted by Crippen LogP contribution is -2.30. The second-order valence-corrected chi connectivity index (χ2v) is 11.4. The second kappa shape index (κ2) is 9.70. The van der Waals surface area contributed by atoms with E-state index in [1.54, 1.807) is 33.0 Å². The minimum atomic E-state index is -4.04. The van der Waals surface area contributed by atoms with Crippen LogP contribution in [-0.2, 0) is 31.3 Å². The molecule has 0 aromatic heterocycles. The van der Waals surface area contributed by atoms with Crippen molar-refractivity contribution in [3.05, 3.63) is 42.0 Å². The molecule has 2 aromatic carbocycles. The number of fused-ring (bicyclic) bond motifs is 1. The van der Waals surface area contributed by atoms with Gasteiger partial charge in [0.1, 0.15) is 0 Å². The summed E-state index contributed by atoms with van der Waals surface area (Å²) in [7, 11) is -6.17. The Labute approximate surface area is 195 Å². The summed E-state index contributed by atoms with van der Waals surface area (Å²) < 4.78 is 56.2. The molecule has 0 fully saturated rings. The smallest absolute Gasteiger partial charge is 0.261 e. The first-order chi connectivity index (χ1) is 15.5. The number of carbonyl (C=O) groups excluding carboxylic acids is 1. The Morgan fingerprint density at radius 1 is 0.939 bits per heavy atom. The largest absolute Gasteiger partial charge is 0.383 e. The Balaban J connectivity index is 2.02. The fourth-order valence-corrected chi connectivity index (χ4v) is 6.32. The van der Waals surface area contributed by atoms with Crippen molar-refractivity contribution in [2.45, 2.75) is 43.4 Å². The van der Waals surface area contributed by atoms with Crippen LogP contribution in [0.1, 0.15) is 32.8 Å². The predicted octanol–water partition coefficient (Wildman–Crippen LogP) is 2.86. The van der Waals surface area contributed by atoms with Crippen LogP contribution in [0, 0.1) is 0 Å². The molecular formula is C22H30N4O5S2. The Morgan fingerprint density at radius 2 is 1.61 bits per heavy atom. The molecule has 0 unspecified atom stereocenters. The van der Waals surface area contributed by atoms with E-state index in [9.17, 15) is 21.6 Å². The highest BCUT2D eigenvalue weighted by molar-refractivity contribution is 7.92. The molecule has 1 aliphatic rings. The number of nitrogens with zero attached hydrogens (tertiary/aromatic N) is 2. The van der Waals surface area contributed by atoms with Crippen LogP contribution in [0.3, 0.4) is 0 Å². The normalized spacial score (nSPS) is 14.0. The van der Waals surface area contributed by atoms with E-state index in [1.165, 1.54) is 33.5 Å². The van der Waals surface area contributed by atoms with E-state index in [1.807, 2.05) is 6.92 Å². The molecule has 0 aliphatic carbocycles. The van der Waals surface area contributed by atoms with Crippen molar-refractivity contribution >= 4 is 43.0 Å². The molecule has 9 nitrogen and oxygen atoms in total. The van der Waals surface area contributed by atoms with Gasteiger partial charge in [-0.05, 0) is 48.4 Å². The zero-order valence-electron chi connectivity index (χ0n) is 19.3. The van der Waals surface area contributed by atoms with E-state index in [-0.39, 0.29) is 27.8 Å². The van der Waals surface area contributed by atoms with Crippen LogP contribution in [0.2, 0.25) is 0 Å². The number of hydrogen-bond donors (Lipinski definition) is 2. The number of nitrogens with one attached hydrogen (secondary N) is 2. The quantitative estimate of drug-likeness (QED) is 0.525. The van der Waals surface area contributed by atoms with Gasteiger partial charge in [-0.15, -0.1) is 0 Å². The summed E-state index contributed by atoms with van der Waals surface area (Å²) in [6.07, 6.45) is 0.939. The van der Waals surface area contributed by atoms with Gasteiger partial charge in [0, 0.05) is 32.4 Å². The molecule has 0 saturated carbocycles. The van der Waals surface area contributed by atoms with Crippen LogP contribution in [0.5, 0.6) is 0 Å². The highest BCUT2D eigenvalue weighted by Gasteiger charge is 2.27. The first-order valence-electron chi connectivity index (χ1n) is 10.9. The Bertz CT molecular complexity index is 1260. The van der Waals surface area contributed by atoms with Gasteiger partial charge in [-0.1, -0.05) is 20.8 Å². The maximum Gasteiger partial charge on any atom is 0.261 e. The van der Waals surface area contributed by atoms with Gasteiger partial charge >= 0.3 is 0 Å². The highest BCUT2D eigenvalue weighted by Crippen LogP contribution is 2.32. The van der Waals surface area contributed by atoms with Gasteiger partial charge in [-0.25, -0.2) is 16.8 Å². The molecule has 0 radical (unpaired) electrons. The van der Waals surface area contributed by atoms with Crippen LogP contribution < -0.4 is 14.9 Å². The summed E-state index contributed by atoms with van der Waals surface area (Å²) in [5, 5.41) is 3.14. The van der Waals surface area contributed by atoms with Crippen molar-refractivity contribution in [2.75, 3.05) is 41.6 Å². The predicted molar refractivity (Wildman–Crippen MR) is 130 cm³/mol. The number of likely N-dealkylation sites (N-methyl/N-ethyl adjacent to an activating group) is 1. The van der Waals surface area contributed by atoms with Crippen LogP contribution in [0.4, 0.5) is 17.1 Å². The summed E-state index contributed by atoms with van der Waals surface area (Å²) in [5.41, 5.74) is 1.93. The number of benzene rings is 2. The van der Waals surface area contributed by atoms with Crippen molar-refractivity contribution < 1.29 is 21.6 Å². The second-order valence-electron chi connectivity index (χ2n) is 7.75. The third-order valence-corrected chi connectivity index (χ3v) is 8.99. The lowest BCUT2D eigenvalue weighted by atomic mass is 10.2. The van der Waals surface area contributed by atoms with Crippen LogP contribution in [0.15, 0.2) is 46.2 Å². The molecular weight excluding hydrogens is 464 g/mol. The van der Waals surface area contributed by atoms with Gasteiger partial charge in [0.25, 0.3) is 10.0 Å². The first kappa shape index (κ1) is 25.0. The van der Waals surface area contributed by atoms with Crippen molar-refractivity contribution in [2.24, 2.45) is 0 Å². The van der Waals surface area contributed by atoms with E-state index in [0.717, 1.165) is 6.42 Å². The number of rotatable bonds is 10. The molecule has 33 heavy (non-hydrogen) atoms. The van der Waals surface area contributed by atoms with Crippen LogP contribution >= 0.6 is 0 Å². The summed E-state index contributed by atoms with van der Waals surface area (Å²) >= 11 is 0. The Morgan fingerprint density at radius 3 is 2.24 bits per heavy atom. The molecule has 0 atom stereocenters. The number of sulfonamides is 2. The van der Waals surface area contributed by atoms with Gasteiger partial charge < -0.3 is 10.2 Å². The van der Waals surface area contributed by atoms with Crippen molar-refractivity contribution in [3.8, 4) is 0 Å². The highest BCUT2D eigenvalue weighted by atomic mass is 32.2. The number of anilines is 3. The molecule has 0 saturated heterocycles. The molecule has 11 heteroatoms. The summed E-state index contributed by atoms with van der Waals surface area (Å²) in [6.45, 7) is 6.66. The van der Waals surface area contributed by atoms with E-state index < -0.39 is 20.0 Å². The van der Waals surface area contributed by atoms with Gasteiger partial charge in [0.15, 0.2) is 0 Å². The van der Waals surface area contributed by atoms with Crippen molar-refractivity contribution in [1.82, 2.24) is 4.31 Å². The molecule has 0 spiro atoms. The van der Waals surface area contributed by atoms with E-state index in [4.69, 9.17) is 0 Å². The number of amides is 1. The van der Waals surface area contributed by atoms with E-state index in [2.05, 4.69) is 10.0 Å². The standard InChI is InChI=1S/C22H30N4O5S2/c1-5-12-23-19-10-8-18(33(30,31)26(6-2)7-3)15-20(19)24-32(28,29)17-9-11-21-16(13-17)14-22(27)25(21)4/h8-11,13,15,23-24H,5-7,12,14H2,1-4H3. The molecule has 1 amide bonds. The van der Waals surface area contributed by atoms with E-state index >= 15 is 0 Å². The van der Waals surface area contributed by atoms with Gasteiger partial charge in [0.2, 0.25) is 15.9 Å². The van der Waals surface area contributed by atoms with Gasteiger partial charge in [-0.3, -0.25) is 9.52 Å². The third kappa shape index (κ3) is 4.99. The SMILES string of the molecule is CCCNc1ccc(S(=O)(=O)N(CC)CC)cc1NS(=O)(=O)c1ccc2c(c1)CC(=O)N2C. The zero-order chi connectivity index (χ0) is 24.4. The summed E-state index contributed by atoms with van der Waals surface area (Å²) in [6, 6.07) is 8.90. The molecule has 2 N–H and O–H groups in total. The maximum absolute atomic E-state index is 13.2. The topological polar surface area (TPSA) is 116 Å². The lowest BCUT2D eigenvalue weighted by Gasteiger charge is -2.20. The molecule has 1 heterocycles. The van der Waals surface area contributed by atoms with Gasteiger partial charge in [0.05, 0.1) is 27.6 Å². The molecule has 3 rings (SSSR count). The van der Waals surface area contributed by atoms with Crippen LogP contribution in [-0.4, -0.2) is 53.7 Å². The fraction of sp³-hybridized carbons (Fsp3) is 0.409. The molecule has 0 bridgehead atoms. The lowest BCUT2D eigenvalue weighted by molar-refractivity contribution is -0.117. The summed E-state index contributed by atoms with van der Waals surface area (Å²) in [5.74, 6) is -0.104. The minimum Gasteiger partial charge on any atom is -0.383 e. The van der Waals surface area contributed by atoms with Crippen molar-refractivity contribution in [3.63, 3.8) is 0 Å². The fourth-order valence-electron chi connectivity index (χ4n) is 3.71. The van der Waals surface area contributed by atoms with E-state index in [0.29, 0.717) is 36.6 Å². The summed E-state index contributed by atoms with van der Waals surface area (Å²) in [4.78, 5) is 13.5. The Hall–Kier alpha value is -2.63. The average molecular weight is 495 g/mol. The maximum atomic E-state index is 13.2. The third-order valence-electron chi connectivity index (χ3n) is 5.58.